The second-order valence-electron chi connectivity index (χ2n) is 3.71. The van der Waals surface area contributed by atoms with Gasteiger partial charge in [0.05, 0.1) is 0 Å². The Morgan fingerprint density at radius 1 is 1.54 bits per heavy atom. The molecule has 0 aliphatic carbocycles. The van der Waals surface area contributed by atoms with Crippen LogP contribution in [0, 0.1) is 0 Å². The summed E-state index contributed by atoms with van der Waals surface area (Å²) in [7, 11) is 0. The number of hydrogen-bond donors (Lipinski definition) is 1. The van der Waals surface area contributed by atoms with E-state index in [4.69, 9.17) is 5.73 Å². The summed E-state index contributed by atoms with van der Waals surface area (Å²) in [4.78, 5) is 0. The van der Waals surface area contributed by atoms with Gasteiger partial charge in [-0.1, -0.05) is 6.92 Å². The van der Waals surface area contributed by atoms with Gasteiger partial charge in [-0.3, -0.25) is 0 Å². The molecule has 2 rings (SSSR count). The fourth-order valence-electron chi connectivity index (χ4n) is 1.92. The van der Waals surface area contributed by atoms with E-state index in [1.807, 2.05) is 0 Å². The van der Waals surface area contributed by atoms with Gasteiger partial charge in [0, 0.05) is 18.9 Å². The molecule has 1 unspecified atom stereocenters. The van der Waals surface area contributed by atoms with Crippen LogP contribution >= 0.6 is 0 Å². The average Bonchev–Trinajstić information content (AvgIpc) is 2.62. The van der Waals surface area contributed by atoms with Gasteiger partial charge in [0.15, 0.2) is 0 Å². The molecule has 1 aromatic rings. The summed E-state index contributed by atoms with van der Waals surface area (Å²) in [6.45, 7) is 3.98. The molecule has 0 saturated heterocycles. The molecule has 0 fully saturated rings. The quantitative estimate of drug-likeness (QED) is 0.744. The minimum atomic E-state index is 0.448. The number of fused-ring (bicyclic) bond motifs is 1. The summed E-state index contributed by atoms with van der Waals surface area (Å²) in [5.41, 5.74) is 5.52. The van der Waals surface area contributed by atoms with E-state index in [1.165, 1.54) is 6.42 Å². The number of nitrogens with two attached hydrogens (primary N) is 1. The van der Waals surface area contributed by atoms with Crippen LogP contribution in [0.25, 0.3) is 0 Å². The van der Waals surface area contributed by atoms with Gasteiger partial charge in [-0.2, -0.15) is 0 Å². The Morgan fingerprint density at radius 2 is 2.38 bits per heavy atom. The van der Waals surface area contributed by atoms with E-state index in [2.05, 4.69) is 21.7 Å². The zero-order valence-electron chi connectivity index (χ0n) is 8.03. The predicted octanol–water partition coefficient (Wildman–Crippen LogP) is 0.677. The van der Waals surface area contributed by atoms with Crippen molar-refractivity contribution in [2.24, 2.45) is 5.73 Å². The van der Waals surface area contributed by atoms with Crippen molar-refractivity contribution in [2.45, 2.75) is 38.6 Å². The monoisotopic (exact) mass is 180 g/mol. The summed E-state index contributed by atoms with van der Waals surface area (Å²) in [6, 6.07) is 0. The van der Waals surface area contributed by atoms with Crippen LogP contribution in [-0.2, 0) is 13.0 Å². The van der Waals surface area contributed by atoms with Crippen molar-refractivity contribution in [3.63, 3.8) is 0 Å². The van der Waals surface area contributed by atoms with E-state index in [0.29, 0.717) is 5.92 Å². The Bertz CT molecular complexity index is 292. The van der Waals surface area contributed by atoms with Gasteiger partial charge in [-0.15, -0.1) is 10.2 Å². The highest BCUT2D eigenvalue weighted by Crippen LogP contribution is 2.21. The molecule has 1 aliphatic heterocycles. The van der Waals surface area contributed by atoms with Crippen LogP contribution in [0.4, 0.5) is 0 Å². The third-order valence-corrected chi connectivity index (χ3v) is 2.68. The van der Waals surface area contributed by atoms with Gasteiger partial charge in [0.25, 0.3) is 0 Å². The second-order valence-corrected chi connectivity index (χ2v) is 3.71. The summed E-state index contributed by atoms with van der Waals surface area (Å²) < 4.78 is 2.25. The molecule has 4 nitrogen and oxygen atoms in total. The predicted molar refractivity (Wildman–Crippen MR) is 50.4 cm³/mol. The Labute approximate surface area is 78.1 Å². The average molecular weight is 180 g/mol. The van der Waals surface area contributed by atoms with Crippen LogP contribution in [0.15, 0.2) is 0 Å². The molecule has 0 spiro atoms. The highest BCUT2D eigenvalue weighted by molar-refractivity contribution is 5.04. The van der Waals surface area contributed by atoms with Crippen LogP contribution in [0.3, 0.4) is 0 Å². The van der Waals surface area contributed by atoms with Gasteiger partial charge < -0.3 is 10.3 Å². The number of aromatic nitrogens is 3. The summed E-state index contributed by atoms with van der Waals surface area (Å²) >= 11 is 0. The van der Waals surface area contributed by atoms with Crippen LogP contribution in [0.1, 0.15) is 37.3 Å². The first-order chi connectivity index (χ1) is 6.33. The van der Waals surface area contributed by atoms with Gasteiger partial charge >= 0.3 is 0 Å². The highest BCUT2D eigenvalue weighted by Gasteiger charge is 2.20. The number of hydrogen-bond acceptors (Lipinski definition) is 3. The van der Waals surface area contributed by atoms with E-state index in [0.717, 1.165) is 37.6 Å². The van der Waals surface area contributed by atoms with E-state index in [-0.39, 0.29) is 0 Å². The molecule has 13 heavy (non-hydrogen) atoms. The molecule has 2 heterocycles. The Morgan fingerprint density at radius 3 is 3.15 bits per heavy atom. The topological polar surface area (TPSA) is 56.7 Å². The van der Waals surface area contributed by atoms with E-state index >= 15 is 0 Å². The molecule has 0 radical (unpaired) electrons. The lowest BCUT2D eigenvalue weighted by Gasteiger charge is -2.09. The van der Waals surface area contributed by atoms with Crippen molar-refractivity contribution in [1.29, 1.82) is 0 Å². The van der Waals surface area contributed by atoms with Crippen molar-refractivity contribution in [2.75, 3.05) is 6.54 Å². The third kappa shape index (κ3) is 1.46. The minimum Gasteiger partial charge on any atom is -0.330 e. The van der Waals surface area contributed by atoms with Crippen molar-refractivity contribution in [3.05, 3.63) is 11.6 Å². The minimum absolute atomic E-state index is 0.448. The second kappa shape index (κ2) is 3.46. The van der Waals surface area contributed by atoms with Gasteiger partial charge in [-0.05, 0) is 19.4 Å². The molecule has 4 heteroatoms. The molecule has 0 saturated carbocycles. The highest BCUT2D eigenvalue weighted by atomic mass is 15.3. The molecular formula is C9H16N4. The largest absolute Gasteiger partial charge is 0.330 e. The first kappa shape index (κ1) is 8.69. The number of aryl methyl sites for hydroxylation is 1. The maximum absolute atomic E-state index is 5.52. The maximum Gasteiger partial charge on any atom is 0.135 e. The third-order valence-electron chi connectivity index (χ3n) is 2.68. The van der Waals surface area contributed by atoms with Gasteiger partial charge in [-0.25, -0.2) is 0 Å². The Kier molecular flexibility index (Phi) is 2.31. The summed E-state index contributed by atoms with van der Waals surface area (Å²) in [6.07, 6.45) is 3.30. The fraction of sp³-hybridized carbons (Fsp3) is 0.778. The normalized spacial score (nSPS) is 17.4. The van der Waals surface area contributed by atoms with Crippen LogP contribution in [0.2, 0.25) is 0 Å². The van der Waals surface area contributed by atoms with E-state index in [1.54, 1.807) is 0 Å². The SMILES string of the molecule is CC(CCN)c1nnc2n1CCC2. The lowest BCUT2D eigenvalue weighted by Crippen LogP contribution is -2.10. The lowest BCUT2D eigenvalue weighted by molar-refractivity contribution is 0.588. The van der Waals surface area contributed by atoms with Crippen molar-refractivity contribution < 1.29 is 0 Å². The summed E-state index contributed by atoms with van der Waals surface area (Å²) in [5, 5.41) is 8.39. The summed E-state index contributed by atoms with van der Waals surface area (Å²) in [5.74, 6) is 2.72. The molecule has 1 aliphatic rings. The standard InChI is InChI=1S/C9H16N4/c1-7(4-5-10)9-12-11-8-3-2-6-13(8)9/h7H,2-6,10H2,1H3. The van der Waals surface area contributed by atoms with Crippen LogP contribution < -0.4 is 5.73 Å². The zero-order chi connectivity index (χ0) is 9.26. The molecule has 0 aromatic carbocycles. The number of rotatable bonds is 3. The molecule has 0 amide bonds. The fourth-order valence-corrected chi connectivity index (χ4v) is 1.92. The Hall–Kier alpha value is -0.900. The first-order valence-electron chi connectivity index (χ1n) is 4.95. The lowest BCUT2D eigenvalue weighted by atomic mass is 10.1. The molecule has 1 atom stereocenters. The molecule has 2 N–H and O–H groups in total. The molecule has 72 valence electrons. The van der Waals surface area contributed by atoms with Gasteiger partial charge in [0.1, 0.15) is 11.6 Å². The zero-order valence-corrected chi connectivity index (χ0v) is 8.03. The molecule has 0 bridgehead atoms. The van der Waals surface area contributed by atoms with E-state index < -0.39 is 0 Å². The number of nitrogens with zero attached hydrogens (tertiary/aromatic N) is 3. The van der Waals surface area contributed by atoms with Crippen molar-refractivity contribution >= 4 is 0 Å². The smallest absolute Gasteiger partial charge is 0.135 e. The van der Waals surface area contributed by atoms with Crippen molar-refractivity contribution in [1.82, 2.24) is 14.8 Å². The molecule has 1 aromatic heterocycles. The Balaban J connectivity index is 2.20. The van der Waals surface area contributed by atoms with Gasteiger partial charge in [0.2, 0.25) is 0 Å². The molecular weight excluding hydrogens is 164 g/mol. The van der Waals surface area contributed by atoms with Crippen molar-refractivity contribution in [3.8, 4) is 0 Å². The van der Waals surface area contributed by atoms with E-state index in [9.17, 15) is 0 Å². The first-order valence-corrected chi connectivity index (χ1v) is 4.95. The van der Waals surface area contributed by atoms with Crippen LogP contribution in [-0.4, -0.2) is 21.3 Å². The van der Waals surface area contributed by atoms with Crippen LogP contribution in [0.5, 0.6) is 0 Å². The maximum atomic E-state index is 5.52.